The van der Waals surface area contributed by atoms with E-state index in [1.54, 1.807) is 0 Å². The van der Waals surface area contributed by atoms with E-state index >= 15 is 0 Å². The van der Waals surface area contributed by atoms with Crippen LogP contribution in [-0.4, -0.2) is 12.6 Å². The van der Waals surface area contributed by atoms with Crippen molar-refractivity contribution in [3.63, 3.8) is 0 Å². The van der Waals surface area contributed by atoms with Gasteiger partial charge in [-0.25, -0.2) is 4.79 Å². The fraction of sp³-hybridized carbons (Fsp3) is 0.278. The molecule has 0 unspecified atom stereocenters. The molecule has 22 heavy (non-hydrogen) atoms. The molecule has 116 valence electrons. The van der Waals surface area contributed by atoms with Gasteiger partial charge in [-0.05, 0) is 23.6 Å². The second-order valence-electron chi connectivity index (χ2n) is 4.98. The molecule has 0 aliphatic carbocycles. The van der Waals surface area contributed by atoms with Crippen LogP contribution in [0.1, 0.15) is 23.6 Å². The Morgan fingerprint density at radius 3 is 2.00 bits per heavy atom. The number of nitrogens with one attached hydrogen (secondary N) is 2. The van der Waals surface area contributed by atoms with Crippen molar-refractivity contribution in [2.24, 2.45) is 0 Å². The molecule has 0 aliphatic heterocycles. The van der Waals surface area contributed by atoms with Crippen molar-refractivity contribution in [3.8, 4) is 0 Å². The summed E-state index contributed by atoms with van der Waals surface area (Å²) in [5, 5.41) is 5.69. The van der Waals surface area contributed by atoms with E-state index in [9.17, 15) is 4.79 Å². The molecule has 0 fully saturated rings. The fourth-order valence-corrected chi connectivity index (χ4v) is 2.00. The van der Waals surface area contributed by atoms with Gasteiger partial charge in [0.1, 0.15) is 0 Å². The molecular weight excluding hydrogens is 276 g/mol. The van der Waals surface area contributed by atoms with Crippen LogP contribution in [0.4, 0.5) is 4.79 Å². The van der Waals surface area contributed by atoms with Gasteiger partial charge in [-0.1, -0.05) is 54.6 Å². The standard InChI is InChI=1S/C18H22N2O2/c1-2-22-14-17-10-8-16(9-11-17)13-20-18(21)19-12-15-6-4-3-5-7-15/h3-11H,2,12-14H2,1H3,(H2,19,20,21). The predicted octanol–water partition coefficient (Wildman–Crippen LogP) is 3.22. The number of ether oxygens (including phenoxy) is 1. The number of urea groups is 1. The summed E-state index contributed by atoms with van der Waals surface area (Å²) in [4.78, 5) is 11.8. The maximum absolute atomic E-state index is 11.8. The van der Waals surface area contributed by atoms with Crippen LogP contribution < -0.4 is 10.6 Å². The van der Waals surface area contributed by atoms with Crippen molar-refractivity contribution in [2.45, 2.75) is 26.6 Å². The number of hydrogen-bond donors (Lipinski definition) is 2. The molecule has 2 rings (SSSR count). The Kier molecular flexibility index (Phi) is 6.45. The lowest BCUT2D eigenvalue weighted by Crippen LogP contribution is -2.34. The monoisotopic (exact) mass is 298 g/mol. The number of hydrogen-bond acceptors (Lipinski definition) is 2. The Hall–Kier alpha value is -2.33. The number of carbonyl (C=O) groups excluding carboxylic acids is 1. The number of amides is 2. The van der Waals surface area contributed by atoms with E-state index in [1.165, 1.54) is 0 Å². The molecule has 0 bridgehead atoms. The van der Waals surface area contributed by atoms with Crippen molar-refractivity contribution < 1.29 is 9.53 Å². The van der Waals surface area contributed by atoms with Crippen molar-refractivity contribution in [3.05, 3.63) is 71.3 Å². The molecule has 0 aliphatic rings. The topological polar surface area (TPSA) is 50.4 Å². The highest BCUT2D eigenvalue weighted by atomic mass is 16.5. The summed E-state index contributed by atoms with van der Waals surface area (Å²) in [6, 6.07) is 17.7. The Morgan fingerprint density at radius 1 is 0.864 bits per heavy atom. The summed E-state index contributed by atoms with van der Waals surface area (Å²) >= 11 is 0. The van der Waals surface area contributed by atoms with Crippen LogP contribution in [0.3, 0.4) is 0 Å². The zero-order valence-corrected chi connectivity index (χ0v) is 12.8. The van der Waals surface area contributed by atoms with Gasteiger partial charge in [-0.3, -0.25) is 0 Å². The molecule has 0 heterocycles. The lowest BCUT2D eigenvalue weighted by molar-refractivity contribution is 0.134. The molecule has 0 radical (unpaired) electrons. The zero-order valence-electron chi connectivity index (χ0n) is 12.8. The van der Waals surface area contributed by atoms with Crippen molar-refractivity contribution in [1.29, 1.82) is 0 Å². The average molecular weight is 298 g/mol. The molecule has 0 saturated heterocycles. The molecule has 0 saturated carbocycles. The first-order valence-electron chi connectivity index (χ1n) is 7.49. The average Bonchev–Trinajstić information content (AvgIpc) is 2.58. The minimum absolute atomic E-state index is 0.165. The van der Waals surface area contributed by atoms with Crippen LogP contribution in [0, 0.1) is 0 Å². The van der Waals surface area contributed by atoms with E-state index in [2.05, 4.69) is 10.6 Å². The summed E-state index contributed by atoms with van der Waals surface area (Å²) in [5.41, 5.74) is 3.28. The van der Waals surface area contributed by atoms with E-state index in [-0.39, 0.29) is 6.03 Å². The van der Waals surface area contributed by atoms with E-state index in [0.717, 1.165) is 16.7 Å². The molecule has 2 N–H and O–H groups in total. The molecule has 4 heteroatoms. The Labute approximate surface area is 131 Å². The number of carbonyl (C=O) groups is 1. The lowest BCUT2D eigenvalue weighted by atomic mass is 10.1. The van der Waals surface area contributed by atoms with E-state index in [4.69, 9.17) is 4.74 Å². The quantitative estimate of drug-likeness (QED) is 0.824. The summed E-state index contributed by atoms with van der Waals surface area (Å²) in [5.74, 6) is 0. The molecule has 2 aromatic rings. The maximum Gasteiger partial charge on any atom is 0.315 e. The van der Waals surface area contributed by atoms with E-state index in [0.29, 0.717) is 26.3 Å². The van der Waals surface area contributed by atoms with E-state index < -0.39 is 0 Å². The summed E-state index contributed by atoms with van der Waals surface area (Å²) in [7, 11) is 0. The van der Waals surface area contributed by atoms with Gasteiger partial charge >= 0.3 is 6.03 Å². The minimum Gasteiger partial charge on any atom is -0.377 e. The van der Waals surface area contributed by atoms with Gasteiger partial charge in [0.25, 0.3) is 0 Å². The molecule has 2 amide bonds. The van der Waals surface area contributed by atoms with Crippen LogP contribution in [0.2, 0.25) is 0 Å². The number of rotatable bonds is 7. The van der Waals surface area contributed by atoms with Crippen LogP contribution in [0.15, 0.2) is 54.6 Å². The first kappa shape index (κ1) is 16.0. The van der Waals surface area contributed by atoms with Crippen LogP contribution in [0.25, 0.3) is 0 Å². The molecule has 4 nitrogen and oxygen atoms in total. The third kappa shape index (κ3) is 5.58. The van der Waals surface area contributed by atoms with Crippen LogP contribution >= 0.6 is 0 Å². The van der Waals surface area contributed by atoms with Crippen molar-refractivity contribution in [1.82, 2.24) is 10.6 Å². The molecule has 2 aromatic carbocycles. The minimum atomic E-state index is -0.165. The SMILES string of the molecule is CCOCc1ccc(CNC(=O)NCc2ccccc2)cc1. The lowest BCUT2D eigenvalue weighted by Gasteiger charge is -2.08. The van der Waals surface area contributed by atoms with Crippen LogP contribution in [-0.2, 0) is 24.4 Å². The highest BCUT2D eigenvalue weighted by Crippen LogP contribution is 2.05. The highest BCUT2D eigenvalue weighted by Gasteiger charge is 2.01. The van der Waals surface area contributed by atoms with Gasteiger partial charge in [0, 0.05) is 19.7 Å². The summed E-state index contributed by atoms with van der Waals surface area (Å²) in [6.45, 7) is 4.36. The molecule has 0 spiro atoms. The van der Waals surface area contributed by atoms with Crippen molar-refractivity contribution in [2.75, 3.05) is 6.61 Å². The Balaban J connectivity index is 1.71. The number of benzene rings is 2. The summed E-state index contributed by atoms with van der Waals surface area (Å²) in [6.07, 6.45) is 0. The molecular formula is C18H22N2O2. The van der Waals surface area contributed by atoms with Gasteiger partial charge in [0.15, 0.2) is 0 Å². The first-order valence-corrected chi connectivity index (χ1v) is 7.49. The Morgan fingerprint density at radius 2 is 1.41 bits per heavy atom. The van der Waals surface area contributed by atoms with Gasteiger partial charge < -0.3 is 15.4 Å². The largest absolute Gasteiger partial charge is 0.377 e. The molecule has 0 atom stereocenters. The van der Waals surface area contributed by atoms with Crippen LogP contribution in [0.5, 0.6) is 0 Å². The molecule has 0 aromatic heterocycles. The second kappa shape index (κ2) is 8.85. The van der Waals surface area contributed by atoms with Gasteiger partial charge in [0.05, 0.1) is 6.61 Å². The van der Waals surface area contributed by atoms with Gasteiger partial charge in [-0.15, -0.1) is 0 Å². The van der Waals surface area contributed by atoms with Crippen molar-refractivity contribution >= 4 is 6.03 Å². The third-order valence-corrected chi connectivity index (χ3v) is 3.24. The second-order valence-corrected chi connectivity index (χ2v) is 4.98. The van der Waals surface area contributed by atoms with E-state index in [1.807, 2.05) is 61.5 Å². The third-order valence-electron chi connectivity index (χ3n) is 3.24. The normalized spacial score (nSPS) is 10.2. The zero-order chi connectivity index (χ0) is 15.6. The van der Waals surface area contributed by atoms with Gasteiger partial charge in [-0.2, -0.15) is 0 Å². The summed E-state index contributed by atoms with van der Waals surface area (Å²) < 4.78 is 5.35. The first-order chi connectivity index (χ1) is 10.8. The fourth-order valence-electron chi connectivity index (χ4n) is 2.00. The predicted molar refractivity (Wildman–Crippen MR) is 87.3 cm³/mol. The Bertz CT molecular complexity index is 567. The smallest absolute Gasteiger partial charge is 0.315 e. The maximum atomic E-state index is 11.8. The highest BCUT2D eigenvalue weighted by molar-refractivity contribution is 5.73. The van der Waals surface area contributed by atoms with Gasteiger partial charge in [0.2, 0.25) is 0 Å².